The summed E-state index contributed by atoms with van der Waals surface area (Å²) in [5, 5.41) is 10.7. The van der Waals surface area contributed by atoms with E-state index in [9.17, 15) is 4.39 Å². The van der Waals surface area contributed by atoms with Gasteiger partial charge in [0.05, 0.1) is 18.8 Å². The molecule has 30 heavy (non-hydrogen) atoms. The molecule has 0 unspecified atom stereocenters. The van der Waals surface area contributed by atoms with Crippen molar-refractivity contribution in [2.75, 3.05) is 20.6 Å². The molecule has 0 amide bonds. The van der Waals surface area contributed by atoms with E-state index in [1.54, 1.807) is 6.07 Å². The van der Waals surface area contributed by atoms with Crippen molar-refractivity contribution in [2.45, 2.75) is 59.2 Å². The quantitative estimate of drug-likeness (QED) is 0.266. The Bertz CT molecular complexity index is 790. The minimum atomic E-state index is -0.185. The van der Waals surface area contributed by atoms with Crippen LogP contribution in [0.4, 0.5) is 4.39 Å². The average Bonchev–Trinajstić information content (AvgIpc) is 3.15. The fourth-order valence-corrected chi connectivity index (χ4v) is 3.18. The zero-order chi connectivity index (χ0) is 21.2. The molecule has 2 N–H and O–H groups in total. The summed E-state index contributed by atoms with van der Waals surface area (Å²) in [5.74, 6) is 1.72. The third-order valence-electron chi connectivity index (χ3n) is 4.77. The Kier molecular flexibility index (Phi) is 11.9. The first kappa shape index (κ1) is 26.4. The molecule has 168 valence electrons. The van der Waals surface area contributed by atoms with Crippen molar-refractivity contribution in [1.29, 1.82) is 0 Å². The molecule has 0 fully saturated rings. The molecule has 0 saturated carbocycles. The van der Waals surface area contributed by atoms with Gasteiger partial charge >= 0.3 is 0 Å². The number of aliphatic imine (C=N–C) groups is 1. The van der Waals surface area contributed by atoms with Gasteiger partial charge < -0.3 is 20.1 Å². The SMILES string of the molecule is CCNC(=NCc1ccc(F)c(CN(C)C)c1)NCc1cc(C(CC)CC)no1.I. The van der Waals surface area contributed by atoms with Crippen molar-refractivity contribution >= 4 is 29.9 Å². The lowest BCUT2D eigenvalue weighted by molar-refractivity contribution is 0.368. The molecule has 0 aliphatic carbocycles. The predicted octanol–water partition coefficient (Wildman–Crippen LogP) is 4.65. The predicted molar refractivity (Wildman–Crippen MR) is 131 cm³/mol. The third kappa shape index (κ3) is 8.22. The second-order valence-corrected chi connectivity index (χ2v) is 7.44. The molecule has 8 heteroatoms. The number of nitrogens with one attached hydrogen (secondary N) is 2. The van der Waals surface area contributed by atoms with E-state index >= 15 is 0 Å². The zero-order valence-electron chi connectivity index (χ0n) is 18.7. The standard InChI is InChI=1S/C22H34FN5O.HI/c1-6-17(7-2)21-12-19(29-27-21)14-26-22(24-8-3)25-13-16-9-10-20(23)18(11-16)15-28(4)5;/h9-12,17H,6-8,13-15H2,1-5H3,(H2,24,25,26);1H. The summed E-state index contributed by atoms with van der Waals surface area (Å²) in [6.45, 7) is 8.62. The van der Waals surface area contributed by atoms with Gasteiger partial charge in [0.2, 0.25) is 0 Å². The van der Waals surface area contributed by atoms with E-state index in [0.717, 1.165) is 36.4 Å². The third-order valence-corrected chi connectivity index (χ3v) is 4.77. The summed E-state index contributed by atoms with van der Waals surface area (Å²) in [7, 11) is 3.85. The second-order valence-electron chi connectivity index (χ2n) is 7.44. The van der Waals surface area contributed by atoms with Gasteiger partial charge in [0.1, 0.15) is 5.82 Å². The number of guanidine groups is 1. The van der Waals surface area contributed by atoms with E-state index in [2.05, 4.69) is 34.6 Å². The van der Waals surface area contributed by atoms with Crippen LogP contribution in [0.2, 0.25) is 0 Å². The van der Waals surface area contributed by atoms with Crippen molar-refractivity contribution in [3.05, 3.63) is 52.7 Å². The molecule has 2 aromatic rings. The van der Waals surface area contributed by atoms with Crippen molar-refractivity contribution in [1.82, 2.24) is 20.7 Å². The van der Waals surface area contributed by atoms with Crippen molar-refractivity contribution in [2.24, 2.45) is 4.99 Å². The Morgan fingerprint density at radius 1 is 1.17 bits per heavy atom. The molecule has 2 rings (SSSR count). The molecular formula is C22H35FIN5O. The van der Waals surface area contributed by atoms with Crippen molar-refractivity contribution < 1.29 is 8.91 Å². The minimum Gasteiger partial charge on any atom is -0.359 e. The molecule has 6 nitrogen and oxygen atoms in total. The molecule has 0 radical (unpaired) electrons. The first-order chi connectivity index (χ1) is 14.0. The molecule has 0 aliphatic rings. The van der Waals surface area contributed by atoms with Gasteiger partial charge in [-0.15, -0.1) is 24.0 Å². The highest BCUT2D eigenvalue weighted by atomic mass is 127. The second kappa shape index (κ2) is 13.6. The number of hydrogen-bond donors (Lipinski definition) is 2. The van der Waals surface area contributed by atoms with E-state index in [1.807, 2.05) is 38.1 Å². The van der Waals surface area contributed by atoms with E-state index in [1.165, 1.54) is 6.07 Å². The summed E-state index contributed by atoms with van der Waals surface area (Å²) < 4.78 is 19.4. The number of hydrogen-bond acceptors (Lipinski definition) is 4. The molecule has 0 atom stereocenters. The minimum absolute atomic E-state index is 0. The topological polar surface area (TPSA) is 65.7 Å². The first-order valence-electron chi connectivity index (χ1n) is 10.4. The number of nitrogens with zero attached hydrogens (tertiary/aromatic N) is 3. The monoisotopic (exact) mass is 531 g/mol. The Hall–Kier alpha value is -1.68. The number of aromatic nitrogens is 1. The van der Waals surface area contributed by atoms with Crippen molar-refractivity contribution in [3.63, 3.8) is 0 Å². The molecule has 0 bridgehead atoms. The Labute approximate surface area is 196 Å². The highest BCUT2D eigenvalue weighted by Crippen LogP contribution is 2.22. The van der Waals surface area contributed by atoms with E-state index in [0.29, 0.717) is 37.1 Å². The Balaban J connectivity index is 0.00000450. The zero-order valence-corrected chi connectivity index (χ0v) is 21.0. The summed E-state index contributed by atoms with van der Waals surface area (Å²) in [6.07, 6.45) is 2.10. The van der Waals surface area contributed by atoms with Gasteiger partial charge in [-0.25, -0.2) is 9.38 Å². The van der Waals surface area contributed by atoms with Gasteiger partial charge in [0.15, 0.2) is 11.7 Å². The van der Waals surface area contributed by atoms with Crippen LogP contribution in [0.1, 0.15) is 62.1 Å². The summed E-state index contributed by atoms with van der Waals surface area (Å²) in [6, 6.07) is 7.18. The summed E-state index contributed by atoms with van der Waals surface area (Å²) >= 11 is 0. The molecule has 1 aromatic heterocycles. The van der Waals surface area contributed by atoms with Crippen LogP contribution in [-0.2, 0) is 19.6 Å². The lowest BCUT2D eigenvalue weighted by atomic mass is 9.99. The maximum absolute atomic E-state index is 14.0. The van der Waals surface area contributed by atoms with Crippen LogP contribution in [-0.4, -0.2) is 36.7 Å². The van der Waals surface area contributed by atoms with Gasteiger partial charge in [0.25, 0.3) is 0 Å². The van der Waals surface area contributed by atoms with Gasteiger partial charge in [-0.1, -0.05) is 25.1 Å². The maximum Gasteiger partial charge on any atom is 0.191 e. The van der Waals surface area contributed by atoms with Gasteiger partial charge in [-0.2, -0.15) is 0 Å². The molecular weight excluding hydrogens is 496 g/mol. The highest BCUT2D eigenvalue weighted by Gasteiger charge is 2.13. The van der Waals surface area contributed by atoms with Crippen LogP contribution in [0.15, 0.2) is 33.8 Å². The van der Waals surface area contributed by atoms with Crippen molar-refractivity contribution in [3.8, 4) is 0 Å². The smallest absolute Gasteiger partial charge is 0.191 e. The summed E-state index contributed by atoms with van der Waals surface area (Å²) in [5.41, 5.74) is 2.65. The van der Waals surface area contributed by atoms with Crippen LogP contribution in [0.25, 0.3) is 0 Å². The van der Waals surface area contributed by atoms with E-state index in [4.69, 9.17) is 4.52 Å². The van der Waals surface area contributed by atoms with Crippen LogP contribution in [0, 0.1) is 5.82 Å². The highest BCUT2D eigenvalue weighted by molar-refractivity contribution is 14.0. The van der Waals surface area contributed by atoms with Crippen LogP contribution in [0.3, 0.4) is 0 Å². The fraction of sp³-hybridized carbons (Fsp3) is 0.545. The van der Waals surface area contributed by atoms with Crippen LogP contribution >= 0.6 is 24.0 Å². The Morgan fingerprint density at radius 3 is 2.53 bits per heavy atom. The van der Waals surface area contributed by atoms with Crippen LogP contribution in [0.5, 0.6) is 0 Å². The normalized spacial score (nSPS) is 11.7. The van der Waals surface area contributed by atoms with Crippen LogP contribution < -0.4 is 10.6 Å². The average molecular weight is 531 g/mol. The molecule has 0 spiro atoms. The number of halogens is 2. The lowest BCUT2D eigenvalue weighted by Gasteiger charge is -2.12. The van der Waals surface area contributed by atoms with E-state index < -0.39 is 0 Å². The lowest BCUT2D eigenvalue weighted by Crippen LogP contribution is -2.36. The molecule has 1 aromatic carbocycles. The first-order valence-corrected chi connectivity index (χ1v) is 10.4. The fourth-order valence-electron chi connectivity index (χ4n) is 3.18. The largest absolute Gasteiger partial charge is 0.359 e. The van der Waals surface area contributed by atoms with Gasteiger partial charge in [-0.05, 0) is 51.6 Å². The van der Waals surface area contributed by atoms with Gasteiger partial charge in [0, 0.05) is 30.6 Å². The molecule has 1 heterocycles. The summed E-state index contributed by atoms with van der Waals surface area (Å²) in [4.78, 5) is 6.57. The maximum atomic E-state index is 14.0. The van der Waals surface area contributed by atoms with E-state index in [-0.39, 0.29) is 29.8 Å². The Morgan fingerprint density at radius 2 is 1.90 bits per heavy atom. The van der Waals surface area contributed by atoms with Gasteiger partial charge in [-0.3, -0.25) is 0 Å². The molecule has 0 saturated heterocycles. The number of rotatable bonds is 10. The molecule has 0 aliphatic heterocycles. The number of benzene rings is 1.